The summed E-state index contributed by atoms with van der Waals surface area (Å²) in [5.41, 5.74) is 3.82. The minimum Gasteiger partial charge on any atom is -0.236 e. The Bertz CT molecular complexity index is 645. The number of aryl methyl sites for hydroxylation is 2. The summed E-state index contributed by atoms with van der Waals surface area (Å²) in [5.74, 6) is 0.845. The van der Waals surface area contributed by atoms with E-state index in [-0.39, 0.29) is 0 Å². The third-order valence-electron chi connectivity index (χ3n) is 6.06. The fourth-order valence-electron chi connectivity index (χ4n) is 4.03. The molecule has 0 saturated heterocycles. The third kappa shape index (κ3) is 10.4. The van der Waals surface area contributed by atoms with E-state index < -0.39 is 0 Å². The second-order valence-corrected chi connectivity index (χ2v) is 8.85. The predicted molar refractivity (Wildman–Crippen MR) is 131 cm³/mol. The van der Waals surface area contributed by atoms with Gasteiger partial charge in [-0.2, -0.15) is 0 Å². The van der Waals surface area contributed by atoms with Gasteiger partial charge in [0, 0.05) is 18.0 Å². The molecule has 0 spiro atoms. The molecule has 1 aromatic heterocycles. The largest absolute Gasteiger partial charge is 0.236 e. The van der Waals surface area contributed by atoms with Crippen LogP contribution >= 0.6 is 0 Å². The van der Waals surface area contributed by atoms with E-state index in [1.807, 2.05) is 12.4 Å². The van der Waals surface area contributed by atoms with Gasteiger partial charge in [0.2, 0.25) is 0 Å². The maximum Gasteiger partial charge on any atom is 0.159 e. The summed E-state index contributed by atoms with van der Waals surface area (Å²) in [6.07, 6.45) is 25.4. The molecular weight excluding hydrogens is 364 g/mol. The van der Waals surface area contributed by atoms with Crippen molar-refractivity contribution in [2.45, 2.75) is 117 Å². The maximum atomic E-state index is 4.59. The summed E-state index contributed by atoms with van der Waals surface area (Å²) >= 11 is 0. The molecule has 166 valence electrons. The van der Waals surface area contributed by atoms with Gasteiger partial charge in [-0.3, -0.25) is 0 Å². The van der Waals surface area contributed by atoms with Gasteiger partial charge in [0.1, 0.15) is 0 Å². The summed E-state index contributed by atoms with van der Waals surface area (Å²) in [6.45, 7) is 4.54. The van der Waals surface area contributed by atoms with Gasteiger partial charge in [-0.1, -0.05) is 115 Å². The number of benzene rings is 1. The molecule has 1 heterocycles. The van der Waals surface area contributed by atoms with Crippen molar-refractivity contribution >= 4 is 0 Å². The number of nitrogens with zero attached hydrogens (tertiary/aromatic N) is 2. The molecule has 30 heavy (non-hydrogen) atoms. The monoisotopic (exact) mass is 408 g/mol. The number of rotatable bonds is 17. The maximum absolute atomic E-state index is 4.59. The summed E-state index contributed by atoms with van der Waals surface area (Å²) in [5, 5.41) is 0. The Morgan fingerprint density at radius 1 is 0.500 bits per heavy atom. The molecule has 0 aliphatic rings. The molecule has 0 radical (unpaired) electrons. The van der Waals surface area contributed by atoms with Crippen LogP contribution in [-0.4, -0.2) is 9.97 Å². The Balaban J connectivity index is 1.61. The molecule has 0 fully saturated rings. The van der Waals surface area contributed by atoms with Crippen molar-refractivity contribution < 1.29 is 0 Å². The molecule has 2 heteroatoms. The second kappa shape index (κ2) is 16.1. The van der Waals surface area contributed by atoms with E-state index >= 15 is 0 Å². The zero-order valence-corrected chi connectivity index (χ0v) is 19.7. The summed E-state index contributed by atoms with van der Waals surface area (Å²) in [6, 6.07) is 8.87. The highest BCUT2D eigenvalue weighted by Gasteiger charge is 2.03. The Morgan fingerprint density at radius 2 is 0.933 bits per heavy atom. The lowest BCUT2D eigenvalue weighted by Crippen LogP contribution is -1.94. The average molecular weight is 409 g/mol. The van der Waals surface area contributed by atoms with E-state index in [1.165, 1.54) is 107 Å². The van der Waals surface area contributed by atoms with Crippen LogP contribution in [-0.2, 0) is 12.8 Å². The number of hydrogen-bond acceptors (Lipinski definition) is 2. The molecule has 2 rings (SSSR count). The molecule has 0 bridgehead atoms. The van der Waals surface area contributed by atoms with E-state index in [0.717, 1.165) is 17.8 Å². The lowest BCUT2D eigenvalue weighted by atomic mass is 10.0. The van der Waals surface area contributed by atoms with Gasteiger partial charge in [-0.15, -0.1) is 0 Å². The molecule has 0 amide bonds. The Hall–Kier alpha value is -1.70. The predicted octanol–water partition coefficient (Wildman–Crippen LogP) is 8.73. The highest BCUT2D eigenvalue weighted by molar-refractivity contribution is 5.55. The van der Waals surface area contributed by atoms with Crippen LogP contribution in [0.4, 0.5) is 0 Å². The molecule has 2 aromatic rings. The van der Waals surface area contributed by atoms with Crippen molar-refractivity contribution in [1.82, 2.24) is 9.97 Å². The molecule has 0 unspecified atom stereocenters. The normalized spacial score (nSPS) is 11.1. The van der Waals surface area contributed by atoms with E-state index in [4.69, 9.17) is 0 Å². The number of unbranched alkanes of at least 4 members (excludes halogenated alkanes) is 12. The van der Waals surface area contributed by atoms with Crippen LogP contribution in [0, 0.1) is 0 Å². The molecular formula is C28H44N2. The molecule has 0 saturated carbocycles. The standard InChI is InChI=1S/C28H44N2/c1-3-5-7-9-10-11-12-13-14-16-17-25-19-21-27(22-20-25)28-29-23-26(24-30-28)18-15-8-6-4-2/h19-24H,3-18H2,1-2H3. The molecule has 0 N–H and O–H groups in total. The third-order valence-corrected chi connectivity index (χ3v) is 6.06. The topological polar surface area (TPSA) is 25.8 Å². The van der Waals surface area contributed by atoms with Gasteiger partial charge in [0.05, 0.1) is 0 Å². The fourth-order valence-corrected chi connectivity index (χ4v) is 4.03. The van der Waals surface area contributed by atoms with Gasteiger partial charge in [0.15, 0.2) is 5.82 Å². The van der Waals surface area contributed by atoms with Crippen molar-refractivity contribution in [2.75, 3.05) is 0 Å². The molecule has 0 aliphatic heterocycles. The first-order valence-corrected chi connectivity index (χ1v) is 12.7. The van der Waals surface area contributed by atoms with E-state index in [9.17, 15) is 0 Å². The molecule has 1 aromatic carbocycles. The summed E-state index contributed by atoms with van der Waals surface area (Å²) in [7, 11) is 0. The quantitative estimate of drug-likeness (QED) is 0.244. The molecule has 2 nitrogen and oxygen atoms in total. The molecule has 0 atom stereocenters. The van der Waals surface area contributed by atoms with Gasteiger partial charge in [0.25, 0.3) is 0 Å². The highest BCUT2D eigenvalue weighted by atomic mass is 14.9. The summed E-state index contributed by atoms with van der Waals surface area (Å²) < 4.78 is 0. The van der Waals surface area contributed by atoms with Gasteiger partial charge >= 0.3 is 0 Å². The van der Waals surface area contributed by atoms with Crippen molar-refractivity contribution in [3.63, 3.8) is 0 Å². The smallest absolute Gasteiger partial charge is 0.159 e. The van der Waals surface area contributed by atoms with Crippen LogP contribution in [0.5, 0.6) is 0 Å². The Labute approximate surface area is 185 Å². The van der Waals surface area contributed by atoms with Crippen molar-refractivity contribution in [3.05, 3.63) is 47.8 Å². The van der Waals surface area contributed by atoms with Gasteiger partial charge < -0.3 is 0 Å². The second-order valence-electron chi connectivity index (χ2n) is 8.85. The van der Waals surface area contributed by atoms with E-state index in [2.05, 4.69) is 48.1 Å². The first-order valence-electron chi connectivity index (χ1n) is 12.7. The van der Waals surface area contributed by atoms with Crippen LogP contribution in [0.3, 0.4) is 0 Å². The first kappa shape index (κ1) is 24.6. The highest BCUT2D eigenvalue weighted by Crippen LogP contribution is 2.18. The van der Waals surface area contributed by atoms with E-state index in [0.29, 0.717) is 0 Å². The van der Waals surface area contributed by atoms with Gasteiger partial charge in [-0.05, 0) is 36.8 Å². The van der Waals surface area contributed by atoms with Crippen LogP contribution in [0.15, 0.2) is 36.7 Å². The minimum atomic E-state index is 0.845. The zero-order chi connectivity index (χ0) is 21.3. The Morgan fingerprint density at radius 3 is 1.47 bits per heavy atom. The minimum absolute atomic E-state index is 0.845. The van der Waals surface area contributed by atoms with Crippen molar-refractivity contribution in [1.29, 1.82) is 0 Å². The van der Waals surface area contributed by atoms with Gasteiger partial charge in [-0.25, -0.2) is 9.97 Å². The van der Waals surface area contributed by atoms with Crippen molar-refractivity contribution in [2.24, 2.45) is 0 Å². The van der Waals surface area contributed by atoms with Crippen LogP contribution in [0.2, 0.25) is 0 Å². The fraction of sp³-hybridized carbons (Fsp3) is 0.643. The lowest BCUT2D eigenvalue weighted by molar-refractivity contribution is 0.556. The number of hydrogen-bond donors (Lipinski definition) is 0. The van der Waals surface area contributed by atoms with Crippen molar-refractivity contribution in [3.8, 4) is 11.4 Å². The van der Waals surface area contributed by atoms with Crippen LogP contribution < -0.4 is 0 Å². The Kier molecular flexibility index (Phi) is 13.1. The number of aromatic nitrogens is 2. The zero-order valence-electron chi connectivity index (χ0n) is 19.7. The van der Waals surface area contributed by atoms with E-state index in [1.54, 1.807) is 0 Å². The summed E-state index contributed by atoms with van der Waals surface area (Å²) in [4.78, 5) is 9.19. The average Bonchev–Trinajstić information content (AvgIpc) is 2.79. The lowest BCUT2D eigenvalue weighted by Gasteiger charge is -2.06. The first-order chi connectivity index (χ1) is 14.8. The van der Waals surface area contributed by atoms with Crippen LogP contribution in [0.25, 0.3) is 11.4 Å². The van der Waals surface area contributed by atoms with Crippen LogP contribution in [0.1, 0.15) is 115 Å². The molecule has 0 aliphatic carbocycles. The SMILES string of the molecule is CCCCCCCCCCCCc1ccc(-c2ncc(CCCCCC)cn2)cc1.